The standard InChI is InChI=1S/C38H22N4OSe/c1-3-11-24(12-4-1)35-40-36(42-37(41-35)28-18-10-20-31-33(28)26-16-7-8-19-30(26)43-31)27-17-9-15-23-21-22-29-34(32(23)27)44-38(39-29)25-13-5-2-6-14-25/h1-22H. The van der Waals surface area contributed by atoms with Crippen molar-refractivity contribution in [2.75, 3.05) is 0 Å². The van der Waals surface area contributed by atoms with Gasteiger partial charge in [0.25, 0.3) is 0 Å². The minimum absolute atomic E-state index is 0.0335. The summed E-state index contributed by atoms with van der Waals surface area (Å²) in [5.74, 6) is 1.88. The Kier molecular flexibility index (Phi) is 5.76. The van der Waals surface area contributed by atoms with E-state index in [0.717, 1.165) is 59.5 Å². The SMILES string of the molecule is c1ccc(-c2nc(-c3cccc4oc5ccccc5c34)nc(-c3cccc4ccc5nc(-c6ccccc6)[se]c5c34)n2)cc1. The monoisotopic (exact) mass is 630 g/mol. The van der Waals surface area contributed by atoms with Gasteiger partial charge in [0.15, 0.2) is 0 Å². The second-order valence-electron chi connectivity index (χ2n) is 10.7. The van der Waals surface area contributed by atoms with Crippen LogP contribution >= 0.6 is 0 Å². The molecule has 6 aromatic carbocycles. The molecule has 6 heteroatoms. The molecule has 44 heavy (non-hydrogen) atoms. The molecule has 0 saturated carbocycles. The number of nitrogens with zero attached hydrogens (tertiary/aromatic N) is 4. The summed E-state index contributed by atoms with van der Waals surface area (Å²) in [4.78, 5) is 20.4. The Morgan fingerprint density at radius 2 is 1.09 bits per heavy atom. The molecular weight excluding hydrogens is 607 g/mol. The first-order chi connectivity index (χ1) is 21.8. The van der Waals surface area contributed by atoms with Crippen LogP contribution < -0.4 is 0 Å². The fraction of sp³-hybridized carbons (Fsp3) is 0. The molecule has 0 N–H and O–H groups in total. The van der Waals surface area contributed by atoms with E-state index in [0.29, 0.717) is 17.5 Å². The van der Waals surface area contributed by atoms with Crippen molar-refractivity contribution in [3.8, 4) is 44.3 Å². The molecule has 3 heterocycles. The molecule has 0 spiro atoms. The summed E-state index contributed by atoms with van der Waals surface area (Å²) in [6, 6.07) is 45.4. The first-order valence-electron chi connectivity index (χ1n) is 14.4. The first-order valence-corrected chi connectivity index (χ1v) is 16.1. The van der Waals surface area contributed by atoms with Crippen molar-refractivity contribution in [1.29, 1.82) is 0 Å². The fourth-order valence-electron chi connectivity index (χ4n) is 5.94. The van der Waals surface area contributed by atoms with Crippen LogP contribution in [0.15, 0.2) is 138 Å². The molecule has 5 nitrogen and oxygen atoms in total. The van der Waals surface area contributed by atoms with E-state index in [1.54, 1.807) is 0 Å². The van der Waals surface area contributed by atoms with Gasteiger partial charge < -0.3 is 0 Å². The molecule has 0 bridgehead atoms. The number of benzene rings is 6. The number of hydrogen-bond acceptors (Lipinski definition) is 5. The summed E-state index contributed by atoms with van der Waals surface area (Å²) in [5, 5.41) is 4.35. The molecule has 0 aliphatic heterocycles. The van der Waals surface area contributed by atoms with E-state index >= 15 is 0 Å². The fourth-order valence-corrected chi connectivity index (χ4v) is 8.33. The molecule has 9 rings (SSSR count). The van der Waals surface area contributed by atoms with Crippen LogP contribution in [-0.4, -0.2) is 34.4 Å². The van der Waals surface area contributed by atoms with E-state index in [-0.39, 0.29) is 14.5 Å². The molecular formula is C38H22N4OSe. The third-order valence-electron chi connectivity index (χ3n) is 7.97. The van der Waals surface area contributed by atoms with E-state index in [2.05, 4.69) is 66.7 Å². The molecule has 3 aromatic heterocycles. The molecule has 0 radical (unpaired) electrons. The zero-order chi connectivity index (χ0) is 29.0. The molecule has 0 amide bonds. The van der Waals surface area contributed by atoms with Crippen LogP contribution in [0.5, 0.6) is 0 Å². The maximum atomic E-state index is 6.22. The summed E-state index contributed by atoms with van der Waals surface area (Å²) in [5.41, 5.74) is 6.68. The molecule has 0 aliphatic rings. The van der Waals surface area contributed by atoms with Gasteiger partial charge in [-0.15, -0.1) is 0 Å². The van der Waals surface area contributed by atoms with Crippen LogP contribution in [0.1, 0.15) is 0 Å². The predicted molar refractivity (Wildman–Crippen MR) is 179 cm³/mol. The Morgan fingerprint density at radius 3 is 1.89 bits per heavy atom. The Labute approximate surface area is 258 Å². The van der Waals surface area contributed by atoms with Crippen molar-refractivity contribution >= 4 is 57.0 Å². The van der Waals surface area contributed by atoms with Crippen LogP contribution in [-0.2, 0) is 0 Å². The first kappa shape index (κ1) is 25.1. The molecule has 9 aromatic rings. The van der Waals surface area contributed by atoms with Gasteiger partial charge in [0, 0.05) is 0 Å². The van der Waals surface area contributed by atoms with Gasteiger partial charge in [-0.2, -0.15) is 0 Å². The number of fused-ring (bicyclic) bond motifs is 6. The topological polar surface area (TPSA) is 64.7 Å². The van der Waals surface area contributed by atoms with Crippen molar-refractivity contribution in [3.63, 3.8) is 0 Å². The Bertz CT molecular complexity index is 2500. The van der Waals surface area contributed by atoms with Gasteiger partial charge >= 0.3 is 259 Å². The van der Waals surface area contributed by atoms with Gasteiger partial charge in [-0.25, -0.2) is 0 Å². The van der Waals surface area contributed by atoms with Crippen LogP contribution in [0.4, 0.5) is 0 Å². The Morgan fingerprint density at radius 1 is 0.455 bits per heavy atom. The molecule has 0 unspecified atom stereocenters. The van der Waals surface area contributed by atoms with Gasteiger partial charge in [0.2, 0.25) is 0 Å². The number of furan rings is 1. The molecule has 0 fully saturated rings. The van der Waals surface area contributed by atoms with Crippen LogP contribution in [0.2, 0.25) is 0 Å². The molecule has 0 saturated heterocycles. The normalized spacial score (nSPS) is 11.6. The van der Waals surface area contributed by atoms with Gasteiger partial charge in [-0.3, -0.25) is 0 Å². The second-order valence-corrected chi connectivity index (χ2v) is 12.7. The third kappa shape index (κ3) is 4.08. The van der Waals surface area contributed by atoms with Crippen LogP contribution in [0.3, 0.4) is 0 Å². The summed E-state index contributed by atoms with van der Waals surface area (Å²) >= 11 is 0.0335. The summed E-state index contributed by atoms with van der Waals surface area (Å²) in [6.45, 7) is 0. The van der Waals surface area contributed by atoms with Crippen molar-refractivity contribution < 1.29 is 4.42 Å². The summed E-state index contributed by atoms with van der Waals surface area (Å²) in [6.07, 6.45) is 0. The zero-order valence-corrected chi connectivity index (χ0v) is 25.0. The van der Waals surface area contributed by atoms with Crippen LogP contribution in [0.25, 0.3) is 86.8 Å². The van der Waals surface area contributed by atoms with Gasteiger partial charge in [-0.05, 0) is 0 Å². The summed E-state index contributed by atoms with van der Waals surface area (Å²) < 4.78 is 8.61. The van der Waals surface area contributed by atoms with E-state index in [9.17, 15) is 0 Å². The van der Waals surface area contributed by atoms with E-state index < -0.39 is 0 Å². The molecule has 206 valence electrons. The van der Waals surface area contributed by atoms with Gasteiger partial charge in [0.05, 0.1) is 0 Å². The van der Waals surface area contributed by atoms with Crippen molar-refractivity contribution in [3.05, 3.63) is 133 Å². The van der Waals surface area contributed by atoms with Crippen molar-refractivity contribution in [2.24, 2.45) is 0 Å². The van der Waals surface area contributed by atoms with Crippen molar-refractivity contribution in [2.45, 2.75) is 0 Å². The molecule has 0 aliphatic carbocycles. The van der Waals surface area contributed by atoms with Gasteiger partial charge in [0.1, 0.15) is 0 Å². The number of rotatable bonds is 4. The minimum atomic E-state index is 0.0335. The van der Waals surface area contributed by atoms with E-state index in [1.165, 1.54) is 9.82 Å². The predicted octanol–water partition coefficient (Wildman–Crippen LogP) is 9.20. The van der Waals surface area contributed by atoms with E-state index in [1.807, 2.05) is 66.7 Å². The average Bonchev–Trinajstić information content (AvgIpc) is 3.71. The molecule has 0 atom stereocenters. The third-order valence-corrected chi connectivity index (χ3v) is 10.4. The Balaban J connectivity index is 1.33. The summed E-state index contributed by atoms with van der Waals surface area (Å²) in [7, 11) is 0. The second kappa shape index (κ2) is 10.1. The average molecular weight is 630 g/mol. The maximum absolute atomic E-state index is 6.22. The van der Waals surface area contributed by atoms with Crippen LogP contribution in [0, 0.1) is 0 Å². The van der Waals surface area contributed by atoms with E-state index in [4.69, 9.17) is 24.4 Å². The van der Waals surface area contributed by atoms with Gasteiger partial charge in [-0.1, -0.05) is 0 Å². The van der Waals surface area contributed by atoms with Crippen molar-refractivity contribution in [1.82, 2.24) is 19.9 Å². The Hall–Kier alpha value is -5.42. The zero-order valence-electron chi connectivity index (χ0n) is 23.3. The number of hydrogen-bond donors (Lipinski definition) is 0. The number of aromatic nitrogens is 4. The quantitative estimate of drug-likeness (QED) is 0.182. The number of para-hydroxylation sites is 1.